The highest BCUT2D eigenvalue weighted by Gasteiger charge is 2.09. The van der Waals surface area contributed by atoms with Crippen LogP contribution >= 0.6 is 11.8 Å². The predicted octanol–water partition coefficient (Wildman–Crippen LogP) is 2.07. The van der Waals surface area contributed by atoms with Crippen molar-refractivity contribution in [2.24, 2.45) is 0 Å². The van der Waals surface area contributed by atoms with E-state index in [1.54, 1.807) is 25.3 Å². The van der Waals surface area contributed by atoms with Gasteiger partial charge in [-0.1, -0.05) is 12.1 Å². The minimum absolute atomic E-state index is 0.0336. The van der Waals surface area contributed by atoms with Gasteiger partial charge in [0.2, 0.25) is 5.91 Å². The highest BCUT2D eigenvalue weighted by molar-refractivity contribution is 8.00. The molecule has 0 radical (unpaired) electrons. The van der Waals surface area contributed by atoms with Crippen LogP contribution in [0.2, 0.25) is 0 Å². The van der Waals surface area contributed by atoms with Gasteiger partial charge in [-0.3, -0.25) is 4.79 Å². The summed E-state index contributed by atoms with van der Waals surface area (Å²) in [5.74, 6) is -0.215. The Morgan fingerprint density at radius 2 is 2.24 bits per heavy atom. The quantitative estimate of drug-likeness (QED) is 0.793. The van der Waals surface area contributed by atoms with Gasteiger partial charge in [-0.2, -0.15) is 0 Å². The number of halogens is 1. The smallest absolute Gasteiger partial charge is 0.230 e. The topological polar surface area (TPSA) is 38.3 Å². The van der Waals surface area contributed by atoms with E-state index in [0.29, 0.717) is 11.5 Å². The lowest BCUT2D eigenvalue weighted by Gasteiger charge is -2.12. The number of hydrogen-bond donors (Lipinski definition) is 1. The van der Waals surface area contributed by atoms with Crippen molar-refractivity contribution in [3.63, 3.8) is 0 Å². The molecule has 1 unspecified atom stereocenters. The number of ether oxygens (including phenoxy) is 1. The highest BCUT2D eigenvalue weighted by Crippen LogP contribution is 2.20. The molecule has 5 heteroatoms. The lowest BCUT2D eigenvalue weighted by atomic mass is 10.3. The van der Waals surface area contributed by atoms with Crippen molar-refractivity contribution in [3.8, 4) is 0 Å². The van der Waals surface area contributed by atoms with Gasteiger partial charge in [-0.05, 0) is 19.1 Å². The van der Waals surface area contributed by atoms with Crippen LogP contribution in [0.15, 0.2) is 29.2 Å². The maximum Gasteiger partial charge on any atom is 0.230 e. The van der Waals surface area contributed by atoms with Gasteiger partial charge in [0.15, 0.2) is 0 Å². The molecule has 17 heavy (non-hydrogen) atoms. The zero-order valence-electron chi connectivity index (χ0n) is 9.90. The second-order valence-electron chi connectivity index (χ2n) is 3.64. The Bertz CT molecular complexity index is 373. The monoisotopic (exact) mass is 257 g/mol. The van der Waals surface area contributed by atoms with Crippen molar-refractivity contribution >= 4 is 17.7 Å². The summed E-state index contributed by atoms with van der Waals surface area (Å²) in [6.45, 7) is 2.32. The van der Waals surface area contributed by atoms with E-state index in [-0.39, 0.29) is 23.5 Å². The standard InChI is InChI=1S/C12H16FNO2S/c1-9(7-16-2)14-12(15)8-17-11-6-4-3-5-10(11)13/h3-6,9H,7-8H2,1-2H3,(H,14,15). The molecule has 1 aromatic rings. The van der Waals surface area contributed by atoms with Crippen molar-refractivity contribution in [3.05, 3.63) is 30.1 Å². The van der Waals surface area contributed by atoms with Crippen LogP contribution in [-0.2, 0) is 9.53 Å². The number of carbonyl (C=O) groups is 1. The molecule has 0 fully saturated rings. The number of hydrogen-bond acceptors (Lipinski definition) is 3. The van der Waals surface area contributed by atoms with Gasteiger partial charge < -0.3 is 10.1 Å². The van der Waals surface area contributed by atoms with Crippen LogP contribution in [0, 0.1) is 5.82 Å². The third-order valence-electron chi connectivity index (χ3n) is 2.02. The Morgan fingerprint density at radius 3 is 2.88 bits per heavy atom. The average Bonchev–Trinajstić information content (AvgIpc) is 2.28. The first-order valence-electron chi connectivity index (χ1n) is 5.29. The Morgan fingerprint density at radius 1 is 1.53 bits per heavy atom. The Labute approximate surface area is 105 Å². The van der Waals surface area contributed by atoms with Crippen LogP contribution < -0.4 is 5.32 Å². The first-order valence-corrected chi connectivity index (χ1v) is 6.27. The van der Waals surface area contributed by atoms with Gasteiger partial charge in [0.1, 0.15) is 5.82 Å². The maximum atomic E-state index is 13.3. The molecule has 94 valence electrons. The normalized spacial score (nSPS) is 12.2. The third kappa shape index (κ3) is 5.19. The van der Waals surface area contributed by atoms with Gasteiger partial charge in [0.05, 0.1) is 12.4 Å². The van der Waals surface area contributed by atoms with E-state index in [1.807, 2.05) is 6.92 Å². The number of benzene rings is 1. The number of carbonyl (C=O) groups excluding carboxylic acids is 1. The first kappa shape index (κ1) is 14.0. The largest absolute Gasteiger partial charge is 0.383 e. The van der Waals surface area contributed by atoms with E-state index >= 15 is 0 Å². The van der Waals surface area contributed by atoms with Crippen LogP contribution in [0.25, 0.3) is 0 Å². The molecule has 1 aromatic carbocycles. The van der Waals surface area contributed by atoms with E-state index in [0.717, 1.165) is 0 Å². The molecule has 1 atom stereocenters. The summed E-state index contributed by atoms with van der Waals surface area (Å²) in [6.07, 6.45) is 0. The van der Waals surface area contributed by atoms with Crippen molar-refractivity contribution in [2.45, 2.75) is 17.9 Å². The van der Waals surface area contributed by atoms with E-state index in [4.69, 9.17) is 4.74 Å². The van der Waals surface area contributed by atoms with E-state index in [1.165, 1.54) is 17.8 Å². The lowest BCUT2D eigenvalue weighted by Crippen LogP contribution is -2.36. The summed E-state index contributed by atoms with van der Waals surface area (Å²) >= 11 is 1.19. The fourth-order valence-electron chi connectivity index (χ4n) is 1.31. The zero-order valence-corrected chi connectivity index (χ0v) is 10.7. The van der Waals surface area contributed by atoms with Crippen LogP contribution in [0.1, 0.15) is 6.92 Å². The fourth-order valence-corrected chi connectivity index (χ4v) is 2.06. The minimum atomic E-state index is -0.296. The van der Waals surface area contributed by atoms with E-state index in [2.05, 4.69) is 5.32 Å². The summed E-state index contributed by atoms with van der Waals surface area (Å²) in [5, 5.41) is 2.76. The number of rotatable bonds is 6. The Hall–Kier alpha value is -1.07. The second-order valence-corrected chi connectivity index (χ2v) is 4.66. The predicted molar refractivity (Wildman–Crippen MR) is 66.6 cm³/mol. The molecule has 0 aliphatic rings. The van der Waals surface area contributed by atoms with Crippen LogP contribution in [0.4, 0.5) is 4.39 Å². The second kappa shape index (κ2) is 7.29. The van der Waals surface area contributed by atoms with E-state index in [9.17, 15) is 9.18 Å². The summed E-state index contributed by atoms with van der Waals surface area (Å²) in [4.78, 5) is 12.0. The van der Waals surface area contributed by atoms with Crippen molar-refractivity contribution in [1.29, 1.82) is 0 Å². The number of nitrogens with one attached hydrogen (secondary N) is 1. The van der Waals surface area contributed by atoms with Crippen LogP contribution in [0.5, 0.6) is 0 Å². The number of methoxy groups -OCH3 is 1. The van der Waals surface area contributed by atoms with Crippen LogP contribution in [-0.4, -0.2) is 31.4 Å². The molecule has 0 aromatic heterocycles. The molecule has 0 spiro atoms. The van der Waals surface area contributed by atoms with Crippen LogP contribution in [0.3, 0.4) is 0 Å². The van der Waals surface area contributed by atoms with E-state index < -0.39 is 0 Å². The molecule has 3 nitrogen and oxygen atoms in total. The van der Waals surface area contributed by atoms with Gasteiger partial charge in [0, 0.05) is 18.0 Å². The minimum Gasteiger partial charge on any atom is -0.383 e. The van der Waals surface area contributed by atoms with Gasteiger partial charge >= 0.3 is 0 Å². The number of amides is 1. The molecule has 0 aliphatic heterocycles. The molecule has 0 saturated heterocycles. The van der Waals surface area contributed by atoms with Gasteiger partial charge in [0.25, 0.3) is 0 Å². The Kier molecular flexibility index (Phi) is 6.00. The maximum absolute atomic E-state index is 13.3. The lowest BCUT2D eigenvalue weighted by molar-refractivity contribution is -0.119. The fraction of sp³-hybridized carbons (Fsp3) is 0.417. The molecular weight excluding hydrogens is 241 g/mol. The van der Waals surface area contributed by atoms with Gasteiger partial charge in [-0.25, -0.2) is 4.39 Å². The molecular formula is C12H16FNO2S. The number of thioether (sulfide) groups is 1. The molecule has 1 amide bonds. The van der Waals surface area contributed by atoms with Gasteiger partial charge in [-0.15, -0.1) is 11.8 Å². The molecule has 0 bridgehead atoms. The Balaban J connectivity index is 2.36. The zero-order chi connectivity index (χ0) is 12.7. The third-order valence-corrected chi connectivity index (χ3v) is 3.07. The van der Waals surface area contributed by atoms with Crippen molar-refractivity contribution in [1.82, 2.24) is 5.32 Å². The summed E-state index contributed by atoms with van der Waals surface area (Å²) in [7, 11) is 1.58. The molecule has 1 rings (SSSR count). The molecule has 0 aliphatic carbocycles. The average molecular weight is 257 g/mol. The highest BCUT2D eigenvalue weighted by atomic mass is 32.2. The first-order chi connectivity index (χ1) is 8.13. The van der Waals surface area contributed by atoms with Crippen molar-refractivity contribution < 1.29 is 13.9 Å². The summed E-state index contributed by atoms with van der Waals surface area (Å²) in [5.41, 5.74) is 0. The molecule has 0 saturated carbocycles. The molecule has 1 N–H and O–H groups in total. The summed E-state index contributed by atoms with van der Waals surface area (Å²) < 4.78 is 18.2. The SMILES string of the molecule is COCC(C)NC(=O)CSc1ccccc1F. The summed E-state index contributed by atoms with van der Waals surface area (Å²) in [6, 6.07) is 6.38. The van der Waals surface area contributed by atoms with Crippen molar-refractivity contribution in [2.75, 3.05) is 19.5 Å². The molecule has 0 heterocycles.